The van der Waals surface area contributed by atoms with Gasteiger partial charge in [-0.05, 0) is 33.3 Å². The van der Waals surface area contributed by atoms with Crippen molar-refractivity contribution >= 4 is 11.8 Å². The molecular formula is C16H25NO3. The molecule has 0 saturated heterocycles. The smallest absolute Gasteiger partial charge is 0.336 e. The minimum atomic E-state index is -1.05. The molecule has 0 heterocycles. The Morgan fingerprint density at radius 2 is 1.60 bits per heavy atom. The maximum atomic E-state index is 11.7. The lowest BCUT2D eigenvalue weighted by atomic mass is 10.0. The topological polar surface area (TPSA) is 80.4 Å². The van der Waals surface area contributed by atoms with E-state index in [1.807, 2.05) is 27.7 Å². The van der Waals surface area contributed by atoms with Gasteiger partial charge < -0.3 is 10.8 Å². The van der Waals surface area contributed by atoms with Gasteiger partial charge in [0.05, 0.1) is 5.56 Å². The average molecular weight is 279 g/mol. The molecule has 0 aliphatic rings. The van der Waals surface area contributed by atoms with Crippen LogP contribution >= 0.6 is 0 Å². The zero-order valence-electron chi connectivity index (χ0n) is 12.8. The first-order valence-corrected chi connectivity index (χ1v) is 6.81. The Morgan fingerprint density at radius 1 is 1.15 bits per heavy atom. The molecule has 1 rings (SSSR count). The Labute approximate surface area is 121 Å². The Kier molecular flexibility index (Phi) is 7.77. The third kappa shape index (κ3) is 8.43. The predicted molar refractivity (Wildman–Crippen MR) is 81.2 cm³/mol. The predicted octanol–water partition coefficient (Wildman–Crippen LogP) is 3.50. The highest BCUT2D eigenvalue weighted by Gasteiger charge is 2.14. The first-order valence-electron chi connectivity index (χ1n) is 6.81. The highest BCUT2D eigenvalue weighted by atomic mass is 16.4. The molecule has 3 N–H and O–H groups in total. The van der Waals surface area contributed by atoms with Gasteiger partial charge in [0.25, 0.3) is 0 Å². The van der Waals surface area contributed by atoms with Crippen molar-refractivity contribution in [2.45, 2.75) is 52.5 Å². The number of unbranched alkanes of at least 4 members (excludes halogenated alkanes) is 1. The minimum absolute atomic E-state index is 0. The maximum absolute atomic E-state index is 11.7. The maximum Gasteiger partial charge on any atom is 0.336 e. The van der Waals surface area contributed by atoms with Crippen molar-refractivity contribution in [2.75, 3.05) is 0 Å². The fourth-order valence-corrected chi connectivity index (χ4v) is 1.38. The summed E-state index contributed by atoms with van der Waals surface area (Å²) in [7, 11) is 0. The van der Waals surface area contributed by atoms with E-state index in [1.54, 1.807) is 18.2 Å². The fraction of sp³-hybridized carbons (Fsp3) is 0.500. The van der Waals surface area contributed by atoms with Gasteiger partial charge in [0.2, 0.25) is 0 Å². The van der Waals surface area contributed by atoms with Crippen molar-refractivity contribution in [1.82, 2.24) is 0 Å². The summed E-state index contributed by atoms with van der Waals surface area (Å²) in [5, 5.41) is 8.89. The number of carbonyl (C=O) groups is 2. The van der Waals surface area contributed by atoms with Crippen molar-refractivity contribution in [2.24, 2.45) is 5.73 Å². The molecular weight excluding hydrogens is 254 g/mol. The second kappa shape index (κ2) is 8.48. The van der Waals surface area contributed by atoms with E-state index in [2.05, 4.69) is 0 Å². The molecule has 1 aromatic rings. The second-order valence-electron chi connectivity index (χ2n) is 5.74. The largest absolute Gasteiger partial charge is 0.478 e. The van der Waals surface area contributed by atoms with Crippen LogP contribution in [0.1, 0.15) is 67.7 Å². The number of carbonyl (C=O) groups excluding carboxylic acids is 1. The summed E-state index contributed by atoms with van der Waals surface area (Å²) in [5.74, 6) is -1.13. The number of carboxylic acids is 1. The van der Waals surface area contributed by atoms with Crippen LogP contribution in [0, 0.1) is 0 Å². The number of Topliss-reactive ketones (excluding diaryl/α,β-unsaturated/α-hetero) is 1. The lowest BCUT2D eigenvalue weighted by Gasteiger charge is -2.06. The van der Waals surface area contributed by atoms with Gasteiger partial charge in [-0.3, -0.25) is 4.79 Å². The molecule has 0 unspecified atom stereocenters. The molecule has 4 nitrogen and oxygen atoms in total. The summed E-state index contributed by atoms with van der Waals surface area (Å²) in [6.07, 6.45) is 2.15. The second-order valence-corrected chi connectivity index (χ2v) is 5.74. The Bertz CT molecular complexity index is 441. The molecule has 112 valence electrons. The number of nitrogens with two attached hydrogens (primary N) is 1. The SMILES string of the molecule is CC(C)(C)N.CCCCC(=O)c1ccccc1C(=O)O. The number of hydrogen-bond acceptors (Lipinski definition) is 3. The molecule has 0 bridgehead atoms. The van der Waals surface area contributed by atoms with Gasteiger partial charge >= 0.3 is 5.97 Å². The van der Waals surface area contributed by atoms with E-state index in [0.717, 1.165) is 12.8 Å². The van der Waals surface area contributed by atoms with Crippen LogP contribution in [0.3, 0.4) is 0 Å². The molecule has 0 radical (unpaired) electrons. The molecule has 0 spiro atoms. The van der Waals surface area contributed by atoms with E-state index in [-0.39, 0.29) is 16.9 Å². The highest BCUT2D eigenvalue weighted by molar-refractivity contribution is 6.05. The summed E-state index contributed by atoms with van der Waals surface area (Å²) in [4.78, 5) is 22.5. The normalized spacial score (nSPS) is 10.4. The van der Waals surface area contributed by atoms with Crippen LogP contribution in [0.2, 0.25) is 0 Å². The Balaban J connectivity index is 0.000000621. The van der Waals surface area contributed by atoms with Crippen molar-refractivity contribution in [3.05, 3.63) is 35.4 Å². The summed E-state index contributed by atoms with van der Waals surface area (Å²) < 4.78 is 0. The summed E-state index contributed by atoms with van der Waals surface area (Å²) in [6.45, 7) is 7.89. The van der Waals surface area contributed by atoms with E-state index in [0.29, 0.717) is 12.0 Å². The van der Waals surface area contributed by atoms with Crippen LogP contribution in [-0.4, -0.2) is 22.4 Å². The van der Waals surface area contributed by atoms with E-state index < -0.39 is 5.97 Å². The molecule has 0 aliphatic carbocycles. The monoisotopic (exact) mass is 279 g/mol. The molecule has 20 heavy (non-hydrogen) atoms. The van der Waals surface area contributed by atoms with Gasteiger partial charge in [-0.15, -0.1) is 0 Å². The van der Waals surface area contributed by atoms with Crippen LogP contribution < -0.4 is 5.73 Å². The number of ketones is 1. The molecule has 0 aromatic heterocycles. The molecule has 0 fully saturated rings. The van der Waals surface area contributed by atoms with Crippen molar-refractivity contribution < 1.29 is 14.7 Å². The summed E-state index contributed by atoms with van der Waals surface area (Å²) >= 11 is 0. The fourth-order valence-electron chi connectivity index (χ4n) is 1.38. The summed E-state index contributed by atoms with van der Waals surface area (Å²) in [6, 6.07) is 6.34. The Hall–Kier alpha value is -1.68. The molecule has 1 aromatic carbocycles. The third-order valence-electron chi connectivity index (χ3n) is 2.22. The third-order valence-corrected chi connectivity index (χ3v) is 2.22. The van der Waals surface area contributed by atoms with Crippen molar-refractivity contribution in [3.8, 4) is 0 Å². The number of benzene rings is 1. The van der Waals surface area contributed by atoms with Gasteiger partial charge in [0.1, 0.15) is 0 Å². The highest BCUT2D eigenvalue weighted by Crippen LogP contribution is 2.12. The van der Waals surface area contributed by atoms with E-state index in [1.165, 1.54) is 6.07 Å². The van der Waals surface area contributed by atoms with Crippen LogP contribution in [0.5, 0.6) is 0 Å². The molecule has 0 saturated carbocycles. The van der Waals surface area contributed by atoms with Gasteiger partial charge in [-0.1, -0.05) is 31.5 Å². The van der Waals surface area contributed by atoms with Gasteiger partial charge in [0, 0.05) is 17.5 Å². The molecule has 0 atom stereocenters. The van der Waals surface area contributed by atoms with E-state index in [4.69, 9.17) is 10.8 Å². The van der Waals surface area contributed by atoms with Gasteiger partial charge in [-0.25, -0.2) is 4.79 Å². The van der Waals surface area contributed by atoms with E-state index in [9.17, 15) is 9.59 Å². The number of carboxylic acid groups (broad SMARTS) is 1. The lowest BCUT2D eigenvalue weighted by Crippen LogP contribution is -2.26. The zero-order chi connectivity index (χ0) is 15.8. The lowest BCUT2D eigenvalue weighted by molar-refractivity contribution is 0.0691. The van der Waals surface area contributed by atoms with Crippen LogP contribution in [0.25, 0.3) is 0 Å². The van der Waals surface area contributed by atoms with Crippen LogP contribution in [0.4, 0.5) is 0 Å². The molecule has 0 amide bonds. The number of rotatable bonds is 5. The average Bonchev–Trinajstić information content (AvgIpc) is 2.33. The van der Waals surface area contributed by atoms with Crippen molar-refractivity contribution in [3.63, 3.8) is 0 Å². The first-order chi connectivity index (χ1) is 9.16. The van der Waals surface area contributed by atoms with Crippen molar-refractivity contribution in [1.29, 1.82) is 0 Å². The zero-order valence-corrected chi connectivity index (χ0v) is 12.8. The Morgan fingerprint density at radius 3 is 2.00 bits per heavy atom. The first kappa shape index (κ1) is 18.3. The minimum Gasteiger partial charge on any atom is -0.478 e. The number of aromatic carboxylic acids is 1. The molecule has 4 heteroatoms. The standard InChI is InChI=1S/C12H14O3.C4H11N/c1-2-3-8-11(13)9-6-4-5-7-10(9)12(14)15;1-4(2,3)5/h4-7H,2-3,8H2,1H3,(H,14,15);5H2,1-3H3. The summed E-state index contributed by atoms with van der Waals surface area (Å²) in [5.41, 5.74) is 5.77. The van der Waals surface area contributed by atoms with Gasteiger partial charge in [-0.2, -0.15) is 0 Å². The number of hydrogen-bond donors (Lipinski definition) is 2. The van der Waals surface area contributed by atoms with E-state index >= 15 is 0 Å². The van der Waals surface area contributed by atoms with Crippen LogP contribution in [0.15, 0.2) is 24.3 Å². The quantitative estimate of drug-likeness (QED) is 0.808. The molecule has 0 aliphatic heterocycles. The van der Waals surface area contributed by atoms with Crippen LogP contribution in [-0.2, 0) is 0 Å². The van der Waals surface area contributed by atoms with Gasteiger partial charge in [0.15, 0.2) is 5.78 Å².